The average molecular weight is 293 g/mol. The molecule has 0 amide bonds. The number of nitrogen functional groups attached to an aromatic ring is 1. The highest BCUT2D eigenvalue weighted by Crippen LogP contribution is 2.26. The van der Waals surface area contributed by atoms with Gasteiger partial charge in [-0.05, 0) is 26.0 Å². The molecule has 1 aromatic carbocycles. The molecule has 6 nitrogen and oxygen atoms in total. The number of hydrogen-bond donors (Lipinski definition) is 1. The lowest BCUT2D eigenvalue weighted by atomic mass is 10.2. The van der Waals surface area contributed by atoms with Crippen LogP contribution in [0.3, 0.4) is 0 Å². The van der Waals surface area contributed by atoms with Gasteiger partial charge in [0.15, 0.2) is 17.3 Å². The van der Waals surface area contributed by atoms with Gasteiger partial charge in [0.05, 0.1) is 19.4 Å². The summed E-state index contributed by atoms with van der Waals surface area (Å²) in [5.74, 6) is -0.365. The molecule has 0 aliphatic carbocycles. The lowest BCUT2D eigenvalue weighted by Gasteiger charge is -2.10. The monoisotopic (exact) mass is 293 g/mol. The van der Waals surface area contributed by atoms with Gasteiger partial charge in [-0.3, -0.25) is 4.57 Å². The summed E-state index contributed by atoms with van der Waals surface area (Å²) in [4.78, 5) is 15.9. The Bertz CT molecular complexity index is 682. The van der Waals surface area contributed by atoms with Gasteiger partial charge in [0, 0.05) is 6.07 Å². The zero-order valence-corrected chi connectivity index (χ0v) is 12.0. The van der Waals surface area contributed by atoms with Crippen molar-refractivity contribution in [3.8, 4) is 11.4 Å². The van der Waals surface area contributed by atoms with E-state index in [2.05, 4.69) is 4.98 Å². The number of nitrogens with two attached hydrogens (primary N) is 1. The fourth-order valence-electron chi connectivity index (χ4n) is 2.01. The molecule has 0 saturated heterocycles. The highest BCUT2D eigenvalue weighted by Gasteiger charge is 2.21. The van der Waals surface area contributed by atoms with Crippen molar-refractivity contribution in [1.29, 1.82) is 0 Å². The van der Waals surface area contributed by atoms with Crippen molar-refractivity contribution in [2.24, 2.45) is 0 Å². The summed E-state index contributed by atoms with van der Waals surface area (Å²) in [5.41, 5.74) is 6.55. The second-order valence-electron chi connectivity index (χ2n) is 4.27. The van der Waals surface area contributed by atoms with E-state index in [-0.39, 0.29) is 23.9 Å². The molecule has 1 aromatic heterocycles. The Morgan fingerprint density at radius 1 is 1.48 bits per heavy atom. The predicted octanol–water partition coefficient (Wildman–Crippen LogP) is 2.09. The second-order valence-corrected chi connectivity index (χ2v) is 4.27. The van der Waals surface area contributed by atoms with Gasteiger partial charge in [0.2, 0.25) is 0 Å². The third-order valence-electron chi connectivity index (χ3n) is 2.94. The van der Waals surface area contributed by atoms with Crippen molar-refractivity contribution in [2.45, 2.75) is 13.8 Å². The summed E-state index contributed by atoms with van der Waals surface area (Å²) >= 11 is 0. The first kappa shape index (κ1) is 14.8. The highest BCUT2D eigenvalue weighted by atomic mass is 19.1. The number of aromatic nitrogens is 2. The molecule has 0 atom stereocenters. The number of imidazole rings is 1. The quantitative estimate of drug-likeness (QED) is 0.873. The van der Waals surface area contributed by atoms with Crippen LogP contribution in [0.5, 0.6) is 5.75 Å². The van der Waals surface area contributed by atoms with Gasteiger partial charge < -0.3 is 15.2 Å². The summed E-state index contributed by atoms with van der Waals surface area (Å²) in [7, 11) is 1.37. The third-order valence-corrected chi connectivity index (χ3v) is 2.94. The zero-order valence-electron chi connectivity index (χ0n) is 12.0. The van der Waals surface area contributed by atoms with Gasteiger partial charge in [0.25, 0.3) is 0 Å². The van der Waals surface area contributed by atoms with Gasteiger partial charge in [-0.1, -0.05) is 0 Å². The summed E-state index contributed by atoms with van der Waals surface area (Å²) in [5, 5.41) is 0. The molecule has 2 aromatic rings. The number of halogens is 1. The van der Waals surface area contributed by atoms with Crippen molar-refractivity contribution >= 4 is 11.8 Å². The molecule has 0 saturated carbocycles. The van der Waals surface area contributed by atoms with Crippen LogP contribution in [0.25, 0.3) is 5.69 Å². The van der Waals surface area contributed by atoms with Gasteiger partial charge in [0.1, 0.15) is 11.6 Å². The number of rotatable bonds is 4. The zero-order chi connectivity index (χ0) is 15.6. The normalized spacial score (nSPS) is 10.5. The first-order valence-electron chi connectivity index (χ1n) is 6.35. The van der Waals surface area contributed by atoms with Crippen LogP contribution in [0.2, 0.25) is 0 Å². The Hall–Kier alpha value is -2.57. The van der Waals surface area contributed by atoms with E-state index in [1.165, 1.54) is 29.9 Å². The summed E-state index contributed by atoms with van der Waals surface area (Å²) < 4.78 is 24.8. The van der Waals surface area contributed by atoms with Crippen LogP contribution in [-0.2, 0) is 4.74 Å². The van der Waals surface area contributed by atoms with Gasteiger partial charge in [-0.25, -0.2) is 14.2 Å². The predicted molar refractivity (Wildman–Crippen MR) is 75.2 cm³/mol. The van der Waals surface area contributed by atoms with Crippen molar-refractivity contribution in [2.75, 3.05) is 19.5 Å². The molecular formula is C14H16FN3O3. The first-order valence-corrected chi connectivity index (χ1v) is 6.35. The first-order chi connectivity index (χ1) is 9.99. The van der Waals surface area contributed by atoms with Gasteiger partial charge in [-0.15, -0.1) is 0 Å². The Morgan fingerprint density at radius 3 is 2.81 bits per heavy atom. The number of carbonyl (C=O) groups is 1. The van der Waals surface area contributed by atoms with E-state index in [4.69, 9.17) is 15.2 Å². The van der Waals surface area contributed by atoms with Crippen LogP contribution in [-0.4, -0.2) is 29.2 Å². The fraction of sp³-hybridized carbons (Fsp3) is 0.286. The summed E-state index contributed by atoms with van der Waals surface area (Å²) in [6.45, 7) is 3.62. The number of methoxy groups -OCH3 is 1. The second kappa shape index (κ2) is 5.82. The summed E-state index contributed by atoms with van der Waals surface area (Å²) in [6, 6.07) is 4.27. The lowest BCUT2D eigenvalue weighted by molar-refractivity contribution is 0.0521. The molecule has 7 heteroatoms. The third kappa shape index (κ3) is 2.67. The van der Waals surface area contributed by atoms with Crippen LogP contribution in [0, 0.1) is 12.7 Å². The molecule has 0 unspecified atom stereocenters. The van der Waals surface area contributed by atoms with Crippen LogP contribution < -0.4 is 10.5 Å². The topological polar surface area (TPSA) is 79.4 Å². The minimum Gasteiger partial charge on any atom is -0.494 e. The molecule has 21 heavy (non-hydrogen) atoms. The highest BCUT2D eigenvalue weighted by molar-refractivity contribution is 5.92. The fourth-order valence-corrected chi connectivity index (χ4v) is 2.01. The number of benzene rings is 1. The molecule has 0 radical (unpaired) electrons. The van der Waals surface area contributed by atoms with E-state index >= 15 is 0 Å². The van der Waals surface area contributed by atoms with E-state index in [0.717, 1.165) is 0 Å². The van der Waals surface area contributed by atoms with E-state index in [0.29, 0.717) is 11.5 Å². The molecular weight excluding hydrogens is 277 g/mol. The van der Waals surface area contributed by atoms with Crippen molar-refractivity contribution in [3.05, 3.63) is 35.5 Å². The SMILES string of the molecule is CCOC(=O)c1nc(C)n(-c2ccc(F)c(OC)c2)c1N. The average Bonchev–Trinajstić information content (AvgIpc) is 2.75. The number of carbonyl (C=O) groups excluding carboxylic acids is 1. The standard InChI is InChI=1S/C14H16FN3O3/c1-4-21-14(19)12-13(16)18(8(2)17-12)9-5-6-10(15)11(7-9)20-3/h5-7H,4,16H2,1-3H3. The van der Waals surface area contributed by atoms with Crippen LogP contribution >= 0.6 is 0 Å². The van der Waals surface area contributed by atoms with Crippen molar-refractivity contribution < 1.29 is 18.7 Å². The Labute approximate surface area is 121 Å². The van der Waals surface area contributed by atoms with Crippen LogP contribution in [0.15, 0.2) is 18.2 Å². The molecule has 0 bridgehead atoms. The molecule has 112 valence electrons. The Balaban J connectivity index is 2.52. The molecule has 0 aliphatic rings. The molecule has 1 heterocycles. The Morgan fingerprint density at radius 2 is 2.19 bits per heavy atom. The Kier molecular flexibility index (Phi) is 4.11. The number of nitrogens with zero attached hydrogens (tertiary/aromatic N) is 2. The number of esters is 1. The number of hydrogen-bond acceptors (Lipinski definition) is 5. The maximum absolute atomic E-state index is 13.5. The van der Waals surface area contributed by atoms with Crippen molar-refractivity contribution in [3.63, 3.8) is 0 Å². The molecule has 2 rings (SSSR count). The molecule has 0 spiro atoms. The summed E-state index contributed by atoms with van der Waals surface area (Å²) in [6.07, 6.45) is 0. The smallest absolute Gasteiger partial charge is 0.360 e. The van der Waals surface area contributed by atoms with E-state index in [9.17, 15) is 9.18 Å². The number of ether oxygens (including phenoxy) is 2. The lowest BCUT2D eigenvalue weighted by Crippen LogP contribution is -2.09. The molecule has 2 N–H and O–H groups in total. The van der Waals surface area contributed by atoms with E-state index in [1.807, 2.05) is 0 Å². The minimum atomic E-state index is -0.592. The number of aryl methyl sites for hydroxylation is 1. The van der Waals surface area contributed by atoms with Gasteiger partial charge in [-0.2, -0.15) is 0 Å². The van der Waals surface area contributed by atoms with E-state index in [1.54, 1.807) is 13.8 Å². The van der Waals surface area contributed by atoms with E-state index < -0.39 is 11.8 Å². The number of anilines is 1. The minimum absolute atomic E-state index is 0.0395. The van der Waals surface area contributed by atoms with Crippen molar-refractivity contribution in [1.82, 2.24) is 9.55 Å². The maximum Gasteiger partial charge on any atom is 0.360 e. The molecule has 0 fully saturated rings. The van der Waals surface area contributed by atoms with Crippen LogP contribution in [0.1, 0.15) is 23.2 Å². The van der Waals surface area contributed by atoms with Crippen LogP contribution in [0.4, 0.5) is 10.2 Å². The molecule has 0 aliphatic heterocycles. The maximum atomic E-state index is 13.5. The largest absolute Gasteiger partial charge is 0.494 e. The van der Waals surface area contributed by atoms with Gasteiger partial charge >= 0.3 is 5.97 Å².